The van der Waals surface area contributed by atoms with Crippen LogP contribution in [0.3, 0.4) is 0 Å². The lowest BCUT2D eigenvalue weighted by atomic mass is 10.1. The average molecular weight is 345 g/mol. The number of benzene rings is 2. The first kappa shape index (κ1) is 17.2. The number of nitrogens with one attached hydrogen (secondary N) is 4. The van der Waals surface area contributed by atoms with E-state index in [0.717, 1.165) is 16.9 Å². The highest BCUT2D eigenvalue weighted by atomic mass is 32.1. The van der Waals surface area contributed by atoms with Crippen LogP contribution in [0.4, 0.5) is 11.4 Å². The lowest BCUT2D eigenvalue weighted by Crippen LogP contribution is -2.45. The number of hydrazine groups is 1. The molecule has 0 spiro atoms. The summed E-state index contributed by atoms with van der Waals surface area (Å²) in [5, 5.41) is 7.14. The molecule has 6 heteroatoms. The Morgan fingerprint density at radius 3 is 1.96 bits per heavy atom. The maximum absolute atomic E-state index is 5.26. The van der Waals surface area contributed by atoms with E-state index in [0.29, 0.717) is 10.2 Å². The molecule has 0 fully saturated rings. The van der Waals surface area contributed by atoms with Crippen LogP contribution in [0.15, 0.2) is 42.5 Å². The number of aryl methyl sites for hydroxylation is 3. The molecule has 4 nitrogen and oxygen atoms in total. The first-order chi connectivity index (χ1) is 10.9. The summed E-state index contributed by atoms with van der Waals surface area (Å²) in [6.45, 7) is 6.12. The van der Waals surface area contributed by atoms with Crippen LogP contribution in [0.1, 0.15) is 16.7 Å². The van der Waals surface area contributed by atoms with Crippen LogP contribution in [0.5, 0.6) is 0 Å². The van der Waals surface area contributed by atoms with Gasteiger partial charge in [-0.2, -0.15) is 0 Å². The number of anilines is 2. The van der Waals surface area contributed by atoms with Gasteiger partial charge in [-0.3, -0.25) is 10.9 Å². The first-order valence-electron chi connectivity index (χ1n) is 7.22. The number of rotatable bonds is 2. The molecule has 4 N–H and O–H groups in total. The Kier molecular flexibility index (Phi) is 5.90. The van der Waals surface area contributed by atoms with Crippen molar-refractivity contribution in [2.75, 3.05) is 10.6 Å². The van der Waals surface area contributed by atoms with Crippen molar-refractivity contribution < 1.29 is 0 Å². The van der Waals surface area contributed by atoms with Crippen molar-refractivity contribution >= 4 is 46.0 Å². The molecule has 23 heavy (non-hydrogen) atoms. The van der Waals surface area contributed by atoms with Crippen LogP contribution in [-0.2, 0) is 0 Å². The van der Waals surface area contributed by atoms with Crippen LogP contribution in [0.25, 0.3) is 0 Å². The predicted octanol–water partition coefficient (Wildman–Crippen LogP) is 3.80. The lowest BCUT2D eigenvalue weighted by molar-refractivity contribution is 0.885. The van der Waals surface area contributed by atoms with Gasteiger partial charge >= 0.3 is 0 Å². The quantitative estimate of drug-likeness (QED) is 0.491. The molecule has 0 aromatic heterocycles. The summed E-state index contributed by atoms with van der Waals surface area (Å²) in [7, 11) is 0. The molecule has 0 bridgehead atoms. The van der Waals surface area contributed by atoms with Gasteiger partial charge in [0.05, 0.1) is 0 Å². The van der Waals surface area contributed by atoms with Gasteiger partial charge in [-0.15, -0.1) is 0 Å². The Balaban J connectivity index is 1.84. The van der Waals surface area contributed by atoms with E-state index in [9.17, 15) is 0 Å². The molecule has 0 aliphatic heterocycles. The fraction of sp³-hybridized carbons (Fsp3) is 0.176. The van der Waals surface area contributed by atoms with Gasteiger partial charge in [0.15, 0.2) is 10.2 Å². The third-order valence-electron chi connectivity index (χ3n) is 3.16. The van der Waals surface area contributed by atoms with E-state index < -0.39 is 0 Å². The maximum atomic E-state index is 5.26. The van der Waals surface area contributed by atoms with E-state index in [4.69, 9.17) is 24.4 Å². The third-order valence-corrected chi connectivity index (χ3v) is 3.57. The second kappa shape index (κ2) is 7.89. The highest BCUT2D eigenvalue weighted by molar-refractivity contribution is 7.81. The van der Waals surface area contributed by atoms with Crippen molar-refractivity contribution in [3.05, 3.63) is 59.2 Å². The van der Waals surface area contributed by atoms with Crippen molar-refractivity contribution in [3.63, 3.8) is 0 Å². The van der Waals surface area contributed by atoms with Crippen LogP contribution < -0.4 is 21.5 Å². The van der Waals surface area contributed by atoms with Crippen molar-refractivity contribution in [2.45, 2.75) is 20.8 Å². The van der Waals surface area contributed by atoms with Gasteiger partial charge < -0.3 is 10.6 Å². The minimum absolute atomic E-state index is 0.448. The van der Waals surface area contributed by atoms with Gasteiger partial charge in [0, 0.05) is 11.4 Å². The lowest BCUT2D eigenvalue weighted by Gasteiger charge is -2.15. The molecule has 0 saturated carbocycles. The topological polar surface area (TPSA) is 48.1 Å². The molecule has 120 valence electrons. The van der Waals surface area contributed by atoms with E-state index in [-0.39, 0.29) is 0 Å². The number of hydrogen-bond donors (Lipinski definition) is 4. The normalized spacial score (nSPS) is 9.87. The Labute approximate surface area is 147 Å². The van der Waals surface area contributed by atoms with Crippen molar-refractivity contribution in [3.8, 4) is 0 Å². The fourth-order valence-corrected chi connectivity index (χ4v) is 2.52. The second-order valence-corrected chi connectivity index (χ2v) is 6.17. The van der Waals surface area contributed by atoms with E-state index in [1.807, 2.05) is 57.2 Å². The van der Waals surface area contributed by atoms with E-state index >= 15 is 0 Å². The first-order valence-corrected chi connectivity index (χ1v) is 8.03. The molecule has 0 amide bonds. The maximum Gasteiger partial charge on any atom is 0.189 e. The summed E-state index contributed by atoms with van der Waals surface area (Å²) in [6.07, 6.45) is 0. The van der Waals surface area contributed by atoms with Gasteiger partial charge in [-0.05, 0) is 80.1 Å². The number of hydrogen-bond acceptors (Lipinski definition) is 2. The summed E-state index contributed by atoms with van der Waals surface area (Å²) in [5.74, 6) is 0. The van der Waals surface area contributed by atoms with E-state index in [1.165, 1.54) is 11.1 Å². The summed E-state index contributed by atoms with van der Waals surface area (Å²) >= 11 is 10.5. The van der Waals surface area contributed by atoms with Gasteiger partial charge in [-0.1, -0.05) is 24.3 Å². The van der Waals surface area contributed by atoms with E-state index in [1.54, 1.807) is 0 Å². The molecule has 2 aromatic carbocycles. The summed E-state index contributed by atoms with van der Waals surface area (Å²) < 4.78 is 0. The predicted molar refractivity (Wildman–Crippen MR) is 106 cm³/mol. The molecular formula is C17H20N4S2. The van der Waals surface area contributed by atoms with Crippen molar-refractivity contribution in [1.29, 1.82) is 0 Å². The van der Waals surface area contributed by atoms with Gasteiger partial charge in [-0.25, -0.2) is 0 Å². The van der Waals surface area contributed by atoms with E-state index in [2.05, 4.69) is 27.6 Å². The van der Waals surface area contributed by atoms with Crippen molar-refractivity contribution in [2.24, 2.45) is 0 Å². The highest BCUT2D eigenvalue weighted by Gasteiger charge is 2.02. The van der Waals surface area contributed by atoms with Gasteiger partial charge in [0.25, 0.3) is 0 Å². The molecule has 0 atom stereocenters. The summed E-state index contributed by atoms with van der Waals surface area (Å²) in [6, 6.07) is 14.1. The Morgan fingerprint density at radius 1 is 0.783 bits per heavy atom. The highest BCUT2D eigenvalue weighted by Crippen LogP contribution is 2.14. The fourth-order valence-electron chi connectivity index (χ4n) is 2.19. The average Bonchev–Trinajstić information content (AvgIpc) is 2.46. The Morgan fingerprint density at radius 2 is 1.35 bits per heavy atom. The zero-order valence-electron chi connectivity index (χ0n) is 13.4. The molecule has 0 heterocycles. The minimum Gasteiger partial charge on any atom is -0.331 e. The minimum atomic E-state index is 0.448. The standard InChI is InChI=1S/C17H20N4S2/c1-11-8-12(2)10-14(9-11)18-16(22)20-21-17(23)19-15-7-5-4-6-13(15)3/h4-10H,1-3H3,(H2,18,20,22)(H2,19,21,23). The van der Waals surface area contributed by atoms with Crippen LogP contribution in [-0.4, -0.2) is 10.2 Å². The van der Waals surface area contributed by atoms with Crippen LogP contribution in [0, 0.1) is 20.8 Å². The molecule has 2 aromatic rings. The third kappa shape index (κ3) is 5.50. The van der Waals surface area contributed by atoms with Crippen LogP contribution >= 0.6 is 24.4 Å². The molecule has 0 aliphatic rings. The Hall–Kier alpha value is -2.18. The summed E-state index contributed by atoms with van der Waals surface area (Å²) in [4.78, 5) is 0. The second-order valence-electron chi connectivity index (χ2n) is 5.35. The molecule has 0 saturated heterocycles. The number of para-hydroxylation sites is 1. The molecule has 2 rings (SSSR count). The zero-order valence-corrected chi connectivity index (χ0v) is 15.0. The molecular weight excluding hydrogens is 324 g/mol. The largest absolute Gasteiger partial charge is 0.331 e. The molecule has 0 unspecified atom stereocenters. The van der Waals surface area contributed by atoms with Crippen LogP contribution in [0.2, 0.25) is 0 Å². The van der Waals surface area contributed by atoms with Gasteiger partial charge in [0.2, 0.25) is 0 Å². The SMILES string of the molecule is Cc1cc(C)cc(NC(=S)NNC(=S)Nc2ccccc2C)c1. The molecule has 0 radical (unpaired) electrons. The smallest absolute Gasteiger partial charge is 0.189 e. The monoisotopic (exact) mass is 344 g/mol. The van der Waals surface area contributed by atoms with Crippen molar-refractivity contribution in [1.82, 2.24) is 10.9 Å². The molecule has 0 aliphatic carbocycles. The van der Waals surface area contributed by atoms with Gasteiger partial charge in [0.1, 0.15) is 0 Å². The Bertz CT molecular complexity index is 708. The zero-order chi connectivity index (χ0) is 16.8. The number of thiocarbonyl (C=S) groups is 2. The summed E-state index contributed by atoms with van der Waals surface area (Å²) in [5.41, 5.74) is 11.1.